The van der Waals surface area contributed by atoms with Crippen LogP contribution in [0.1, 0.15) is 33.6 Å². The average molecular weight is 255 g/mol. The molecule has 5 nitrogen and oxygen atoms in total. The maximum Gasteiger partial charge on any atom is 0.178 e. The van der Waals surface area contributed by atoms with E-state index >= 15 is 0 Å². The molecule has 1 fully saturated rings. The molecule has 0 radical (unpaired) electrons. The summed E-state index contributed by atoms with van der Waals surface area (Å²) in [4.78, 5) is 9.14. The molecule has 96 valence electrons. The third-order valence-electron chi connectivity index (χ3n) is 2.33. The molecule has 1 aliphatic heterocycles. The first kappa shape index (κ1) is 12.9. The largest absolute Gasteiger partial charge is 0.284 e. The second-order valence-electron chi connectivity index (χ2n) is 5.42. The monoisotopic (exact) mass is 255 g/mol. The van der Waals surface area contributed by atoms with Gasteiger partial charge in [0.15, 0.2) is 5.17 Å². The zero-order chi connectivity index (χ0) is 12.5. The fourth-order valence-electron chi connectivity index (χ4n) is 1.52. The molecule has 0 aromatic carbocycles. The Morgan fingerprint density at radius 1 is 1.47 bits per heavy atom. The number of aliphatic imine (C=N–C) groups is 2. The quantitative estimate of drug-likeness (QED) is 0.783. The smallest absolute Gasteiger partial charge is 0.178 e. The average Bonchev–Trinajstić information content (AvgIpc) is 2.98. The molecule has 0 aromatic rings. The molecule has 2 rings (SSSR count). The second kappa shape index (κ2) is 4.96. The highest BCUT2D eigenvalue weighted by Gasteiger charge is 2.27. The van der Waals surface area contributed by atoms with Gasteiger partial charge in [0, 0.05) is 6.04 Å². The van der Waals surface area contributed by atoms with Crippen LogP contribution in [0.2, 0.25) is 0 Å². The molecule has 1 heterocycles. The molecule has 1 aliphatic carbocycles. The second-order valence-corrected chi connectivity index (χ2v) is 6.22. The van der Waals surface area contributed by atoms with Crippen LogP contribution in [0.4, 0.5) is 0 Å². The van der Waals surface area contributed by atoms with Gasteiger partial charge in [-0.2, -0.15) is 0 Å². The maximum absolute atomic E-state index is 4.64. The van der Waals surface area contributed by atoms with Crippen LogP contribution in [0.5, 0.6) is 0 Å². The third kappa shape index (κ3) is 4.29. The summed E-state index contributed by atoms with van der Waals surface area (Å²) < 4.78 is 0. The van der Waals surface area contributed by atoms with Crippen LogP contribution in [0.15, 0.2) is 9.98 Å². The fourth-order valence-corrected chi connectivity index (χ4v) is 1.92. The molecule has 0 atom stereocenters. The van der Waals surface area contributed by atoms with E-state index in [9.17, 15) is 0 Å². The van der Waals surface area contributed by atoms with Crippen molar-refractivity contribution in [2.75, 3.05) is 12.8 Å². The van der Waals surface area contributed by atoms with Crippen LogP contribution in [0.3, 0.4) is 0 Å². The molecule has 0 unspecified atom stereocenters. The van der Waals surface area contributed by atoms with Crippen LogP contribution in [0, 0.1) is 0 Å². The summed E-state index contributed by atoms with van der Waals surface area (Å²) in [6, 6.07) is 0.625. The summed E-state index contributed by atoms with van der Waals surface area (Å²) in [7, 11) is 0. The number of nitrogens with one attached hydrogen (secondary N) is 2. The van der Waals surface area contributed by atoms with Gasteiger partial charge in [0.1, 0.15) is 5.84 Å². The van der Waals surface area contributed by atoms with Gasteiger partial charge in [-0.25, -0.2) is 10.4 Å². The summed E-state index contributed by atoms with van der Waals surface area (Å²) in [5.74, 6) is 0.883. The van der Waals surface area contributed by atoms with Crippen molar-refractivity contribution in [3.8, 4) is 0 Å². The van der Waals surface area contributed by atoms with Gasteiger partial charge < -0.3 is 0 Å². The van der Waals surface area contributed by atoms with E-state index in [-0.39, 0.29) is 5.54 Å². The topological polar surface area (TPSA) is 52.0 Å². The number of amidine groups is 2. The Kier molecular flexibility index (Phi) is 3.75. The molecule has 0 saturated heterocycles. The first-order chi connectivity index (χ1) is 7.96. The lowest BCUT2D eigenvalue weighted by molar-refractivity contribution is 0.171. The number of hydrogen-bond donors (Lipinski definition) is 2. The van der Waals surface area contributed by atoms with E-state index in [0.29, 0.717) is 12.6 Å². The molecular weight excluding hydrogens is 234 g/mol. The number of hydrazine groups is 2. The number of hydrogen-bond acceptors (Lipinski definition) is 5. The predicted octanol–water partition coefficient (Wildman–Crippen LogP) is 1.39. The summed E-state index contributed by atoms with van der Waals surface area (Å²) >= 11 is 1.60. The van der Waals surface area contributed by atoms with Crippen LogP contribution in [-0.2, 0) is 0 Å². The Hall–Kier alpha value is -0.590. The van der Waals surface area contributed by atoms with Crippen LogP contribution in [-0.4, -0.2) is 40.5 Å². The normalized spacial score (nSPS) is 24.7. The summed E-state index contributed by atoms with van der Waals surface area (Å²) in [6.07, 6.45) is 4.53. The lowest BCUT2D eigenvalue weighted by atomic mass is 10.1. The van der Waals surface area contributed by atoms with E-state index in [1.807, 2.05) is 11.4 Å². The van der Waals surface area contributed by atoms with E-state index in [1.54, 1.807) is 11.8 Å². The molecule has 6 heteroatoms. The summed E-state index contributed by atoms with van der Waals surface area (Å²) in [6.45, 7) is 6.98. The minimum atomic E-state index is -0.0784. The molecule has 0 bridgehead atoms. The van der Waals surface area contributed by atoms with E-state index < -0.39 is 0 Å². The van der Waals surface area contributed by atoms with Crippen LogP contribution >= 0.6 is 11.8 Å². The standard InChI is InChI=1S/C11H21N5S/c1-11(2,3)13-9-7-16(14-8-5-6-8)15-10(12-9)17-4/h8,14H,5-7H2,1-4H3,(H,12,13,15). The SMILES string of the molecule is CSC1=NC(=NC(C)(C)C)CN(NC2CC2)N1. The lowest BCUT2D eigenvalue weighted by Gasteiger charge is -2.29. The number of thioether (sulfide) groups is 1. The molecular formula is C11H21N5S. The van der Waals surface area contributed by atoms with Gasteiger partial charge in [-0.1, -0.05) is 11.8 Å². The Bertz CT molecular complexity index is 340. The Labute approximate surface area is 107 Å². The molecule has 1 saturated carbocycles. The first-order valence-electron chi connectivity index (χ1n) is 5.98. The molecule has 2 N–H and O–H groups in total. The fraction of sp³-hybridized carbons (Fsp3) is 0.818. The zero-order valence-corrected chi connectivity index (χ0v) is 11.8. The lowest BCUT2D eigenvalue weighted by Crippen LogP contribution is -2.55. The molecule has 0 aromatic heterocycles. The highest BCUT2D eigenvalue weighted by molar-refractivity contribution is 8.13. The van der Waals surface area contributed by atoms with E-state index in [2.05, 4.69) is 41.6 Å². The van der Waals surface area contributed by atoms with E-state index in [1.165, 1.54) is 12.8 Å². The first-order valence-corrected chi connectivity index (χ1v) is 7.20. The van der Waals surface area contributed by atoms with Crippen molar-refractivity contribution in [1.29, 1.82) is 0 Å². The van der Waals surface area contributed by atoms with Gasteiger partial charge in [0.25, 0.3) is 0 Å². The molecule has 0 amide bonds. The molecule has 17 heavy (non-hydrogen) atoms. The molecule has 2 aliphatic rings. The minimum absolute atomic E-state index is 0.0784. The van der Waals surface area contributed by atoms with Gasteiger partial charge in [0.2, 0.25) is 0 Å². The van der Waals surface area contributed by atoms with E-state index in [0.717, 1.165) is 11.0 Å². The maximum atomic E-state index is 4.64. The van der Waals surface area contributed by atoms with E-state index in [4.69, 9.17) is 0 Å². The van der Waals surface area contributed by atoms with Crippen molar-refractivity contribution in [1.82, 2.24) is 16.0 Å². The van der Waals surface area contributed by atoms with Gasteiger partial charge in [-0.15, -0.1) is 5.12 Å². The van der Waals surface area contributed by atoms with Crippen LogP contribution < -0.4 is 10.9 Å². The van der Waals surface area contributed by atoms with Crippen molar-refractivity contribution < 1.29 is 0 Å². The Morgan fingerprint density at radius 2 is 2.18 bits per heavy atom. The highest BCUT2D eigenvalue weighted by atomic mass is 32.2. The van der Waals surface area contributed by atoms with Gasteiger partial charge in [-0.3, -0.25) is 10.4 Å². The zero-order valence-electron chi connectivity index (χ0n) is 10.9. The summed E-state index contributed by atoms with van der Waals surface area (Å²) in [5.41, 5.74) is 6.59. The van der Waals surface area contributed by atoms with Crippen molar-refractivity contribution in [2.45, 2.75) is 45.2 Å². The van der Waals surface area contributed by atoms with Crippen molar-refractivity contribution in [2.24, 2.45) is 9.98 Å². The van der Waals surface area contributed by atoms with Gasteiger partial charge in [-0.05, 0) is 39.9 Å². The van der Waals surface area contributed by atoms with Crippen molar-refractivity contribution in [3.05, 3.63) is 0 Å². The van der Waals surface area contributed by atoms with Crippen molar-refractivity contribution in [3.63, 3.8) is 0 Å². The number of rotatable bonds is 2. The van der Waals surface area contributed by atoms with Crippen LogP contribution in [0.25, 0.3) is 0 Å². The van der Waals surface area contributed by atoms with Crippen molar-refractivity contribution >= 4 is 22.8 Å². The van der Waals surface area contributed by atoms with Gasteiger partial charge in [0.05, 0.1) is 12.1 Å². The third-order valence-corrected chi connectivity index (χ3v) is 2.90. The number of nitrogens with zero attached hydrogens (tertiary/aromatic N) is 3. The minimum Gasteiger partial charge on any atom is -0.284 e. The van der Waals surface area contributed by atoms with Gasteiger partial charge >= 0.3 is 0 Å². The molecule has 0 spiro atoms. The summed E-state index contributed by atoms with van der Waals surface area (Å²) in [5, 5.41) is 2.90. The predicted molar refractivity (Wildman–Crippen MR) is 74.1 cm³/mol. The Balaban J connectivity index is 2.07. The highest BCUT2D eigenvalue weighted by Crippen LogP contribution is 2.19. The Morgan fingerprint density at radius 3 is 2.71 bits per heavy atom.